The number of nitrogens with one attached hydrogen (secondary N) is 1. The maximum absolute atomic E-state index is 8.69. The molecule has 1 aromatic heterocycles. The minimum atomic E-state index is 0.563. The third kappa shape index (κ3) is 4.00. The van der Waals surface area contributed by atoms with Gasteiger partial charge in [0.15, 0.2) is 0 Å². The Morgan fingerprint density at radius 1 is 1.26 bits per heavy atom. The summed E-state index contributed by atoms with van der Waals surface area (Å²) in [5.74, 6) is 0.770. The highest BCUT2D eigenvalue weighted by Crippen LogP contribution is 2.11. The molecule has 0 saturated heterocycles. The van der Waals surface area contributed by atoms with Crippen LogP contribution in [0.15, 0.2) is 42.6 Å². The molecule has 0 fully saturated rings. The van der Waals surface area contributed by atoms with Crippen LogP contribution in [0, 0.1) is 18.3 Å². The fourth-order valence-electron chi connectivity index (χ4n) is 1.65. The molecule has 2 aromatic rings. The van der Waals surface area contributed by atoms with Crippen molar-refractivity contribution in [1.29, 1.82) is 5.26 Å². The van der Waals surface area contributed by atoms with Crippen LogP contribution in [-0.4, -0.2) is 18.1 Å². The number of benzene rings is 1. The molecule has 0 unspecified atom stereocenters. The summed E-state index contributed by atoms with van der Waals surface area (Å²) in [6.07, 6.45) is 1.78. The van der Waals surface area contributed by atoms with Gasteiger partial charge in [0, 0.05) is 24.1 Å². The number of pyridine rings is 1. The van der Waals surface area contributed by atoms with Gasteiger partial charge in [-0.2, -0.15) is 5.26 Å². The average Bonchev–Trinajstić information content (AvgIpc) is 2.44. The molecular formula is C15H15N3O. The Morgan fingerprint density at radius 3 is 2.74 bits per heavy atom. The standard InChI is InChI=1S/C15H15N3O/c1-12-10-14(6-7-17-12)18-8-9-19-15-4-2-13(11-16)3-5-15/h2-7,10H,8-9H2,1H3,(H,17,18). The Hall–Kier alpha value is -2.54. The number of hydrogen-bond donors (Lipinski definition) is 1. The highest BCUT2D eigenvalue weighted by Gasteiger charge is 1.96. The Labute approximate surface area is 112 Å². The van der Waals surface area contributed by atoms with Gasteiger partial charge in [-0.25, -0.2) is 0 Å². The number of aryl methyl sites for hydroxylation is 1. The Kier molecular flexibility index (Phi) is 4.35. The van der Waals surface area contributed by atoms with Crippen LogP contribution < -0.4 is 10.1 Å². The number of nitriles is 1. The zero-order valence-corrected chi connectivity index (χ0v) is 10.8. The smallest absolute Gasteiger partial charge is 0.119 e. The normalized spacial score (nSPS) is 9.68. The third-order valence-corrected chi connectivity index (χ3v) is 2.58. The second-order valence-corrected chi connectivity index (χ2v) is 4.10. The van der Waals surface area contributed by atoms with Gasteiger partial charge in [0.05, 0.1) is 11.6 Å². The van der Waals surface area contributed by atoms with E-state index in [9.17, 15) is 0 Å². The van der Waals surface area contributed by atoms with E-state index < -0.39 is 0 Å². The molecular weight excluding hydrogens is 238 g/mol. The molecule has 0 aliphatic rings. The van der Waals surface area contributed by atoms with Crippen molar-refractivity contribution in [2.24, 2.45) is 0 Å². The first kappa shape index (κ1) is 12.9. The van der Waals surface area contributed by atoms with Crippen molar-refractivity contribution < 1.29 is 4.74 Å². The van der Waals surface area contributed by atoms with Crippen molar-refractivity contribution in [2.75, 3.05) is 18.5 Å². The zero-order valence-electron chi connectivity index (χ0n) is 10.8. The van der Waals surface area contributed by atoms with Gasteiger partial charge in [-0.1, -0.05) is 0 Å². The van der Waals surface area contributed by atoms with Gasteiger partial charge in [0.1, 0.15) is 12.4 Å². The molecule has 0 aliphatic carbocycles. The molecule has 4 nitrogen and oxygen atoms in total. The molecule has 0 saturated carbocycles. The monoisotopic (exact) mass is 253 g/mol. The van der Waals surface area contributed by atoms with Crippen LogP contribution in [0.25, 0.3) is 0 Å². The first-order valence-electron chi connectivity index (χ1n) is 6.07. The maximum Gasteiger partial charge on any atom is 0.119 e. The summed E-state index contributed by atoms with van der Waals surface area (Å²) in [5.41, 5.74) is 2.66. The van der Waals surface area contributed by atoms with E-state index in [1.807, 2.05) is 19.1 Å². The second kappa shape index (κ2) is 6.41. The van der Waals surface area contributed by atoms with Crippen molar-refractivity contribution >= 4 is 5.69 Å². The van der Waals surface area contributed by atoms with Gasteiger partial charge in [-0.05, 0) is 43.3 Å². The zero-order chi connectivity index (χ0) is 13.5. The molecule has 4 heteroatoms. The van der Waals surface area contributed by atoms with E-state index in [2.05, 4.69) is 16.4 Å². The van der Waals surface area contributed by atoms with E-state index in [1.54, 1.807) is 30.5 Å². The summed E-state index contributed by atoms with van der Waals surface area (Å²) in [5, 5.41) is 11.9. The fourth-order valence-corrected chi connectivity index (χ4v) is 1.65. The summed E-state index contributed by atoms with van der Waals surface area (Å²) in [7, 11) is 0. The van der Waals surface area contributed by atoms with E-state index in [1.165, 1.54) is 0 Å². The van der Waals surface area contributed by atoms with Gasteiger partial charge in [-0.3, -0.25) is 4.98 Å². The third-order valence-electron chi connectivity index (χ3n) is 2.58. The van der Waals surface area contributed by atoms with Gasteiger partial charge in [-0.15, -0.1) is 0 Å². The molecule has 0 bridgehead atoms. The Morgan fingerprint density at radius 2 is 2.05 bits per heavy atom. The van der Waals surface area contributed by atoms with E-state index in [0.29, 0.717) is 18.7 Å². The molecule has 0 radical (unpaired) electrons. The van der Waals surface area contributed by atoms with Crippen LogP contribution in [0.4, 0.5) is 5.69 Å². The number of ether oxygens (including phenoxy) is 1. The predicted molar refractivity (Wildman–Crippen MR) is 74.1 cm³/mol. The lowest BCUT2D eigenvalue weighted by atomic mass is 10.2. The largest absolute Gasteiger partial charge is 0.492 e. The number of anilines is 1. The average molecular weight is 253 g/mol. The van der Waals surface area contributed by atoms with E-state index >= 15 is 0 Å². The van der Waals surface area contributed by atoms with Gasteiger partial charge in [0.25, 0.3) is 0 Å². The molecule has 1 heterocycles. The highest BCUT2D eigenvalue weighted by molar-refractivity contribution is 5.42. The lowest BCUT2D eigenvalue weighted by Crippen LogP contribution is -2.11. The van der Waals surface area contributed by atoms with Crippen molar-refractivity contribution in [3.8, 4) is 11.8 Å². The maximum atomic E-state index is 8.69. The van der Waals surface area contributed by atoms with E-state index in [4.69, 9.17) is 10.00 Å². The SMILES string of the molecule is Cc1cc(NCCOc2ccc(C#N)cc2)ccn1. The van der Waals surface area contributed by atoms with Crippen molar-refractivity contribution in [3.63, 3.8) is 0 Å². The molecule has 19 heavy (non-hydrogen) atoms. The molecule has 96 valence electrons. The highest BCUT2D eigenvalue weighted by atomic mass is 16.5. The summed E-state index contributed by atoms with van der Waals surface area (Å²) in [4.78, 5) is 4.13. The van der Waals surface area contributed by atoms with Gasteiger partial charge in [0.2, 0.25) is 0 Å². The first-order chi connectivity index (χ1) is 9.28. The number of hydrogen-bond acceptors (Lipinski definition) is 4. The molecule has 0 atom stereocenters. The van der Waals surface area contributed by atoms with Crippen molar-refractivity contribution in [3.05, 3.63) is 53.9 Å². The van der Waals surface area contributed by atoms with E-state index in [-0.39, 0.29) is 0 Å². The first-order valence-corrected chi connectivity index (χ1v) is 6.07. The molecule has 1 N–H and O–H groups in total. The Balaban J connectivity index is 1.76. The van der Waals surface area contributed by atoms with Crippen molar-refractivity contribution in [2.45, 2.75) is 6.92 Å². The predicted octanol–water partition coefficient (Wildman–Crippen LogP) is 2.75. The lowest BCUT2D eigenvalue weighted by molar-refractivity contribution is 0.333. The van der Waals surface area contributed by atoms with Crippen molar-refractivity contribution in [1.82, 2.24) is 4.98 Å². The Bertz CT molecular complexity index is 573. The quantitative estimate of drug-likeness (QED) is 0.832. The van der Waals surface area contributed by atoms with E-state index in [0.717, 1.165) is 17.1 Å². The minimum absolute atomic E-state index is 0.563. The number of nitrogens with zero attached hydrogens (tertiary/aromatic N) is 2. The van der Waals surface area contributed by atoms with Crippen LogP contribution in [0.1, 0.15) is 11.3 Å². The van der Waals surface area contributed by atoms with Crippen LogP contribution in [-0.2, 0) is 0 Å². The summed E-state index contributed by atoms with van der Waals surface area (Å²) < 4.78 is 5.57. The molecule has 0 aliphatic heterocycles. The number of rotatable bonds is 5. The van der Waals surface area contributed by atoms with Crippen LogP contribution >= 0.6 is 0 Å². The number of aromatic nitrogens is 1. The second-order valence-electron chi connectivity index (χ2n) is 4.10. The minimum Gasteiger partial charge on any atom is -0.492 e. The molecule has 0 spiro atoms. The summed E-state index contributed by atoms with van der Waals surface area (Å²) >= 11 is 0. The molecule has 2 rings (SSSR count). The van der Waals surface area contributed by atoms with Gasteiger partial charge < -0.3 is 10.1 Å². The summed E-state index contributed by atoms with van der Waals surface area (Å²) in [6, 6.07) is 13.1. The lowest BCUT2D eigenvalue weighted by Gasteiger charge is -2.08. The summed E-state index contributed by atoms with van der Waals surface area (Å²) in [6.45, 7) is 3.23. The van der Waals surface area contributed by atoms with Gasteiger partial charge >= 0.3 is 0 Å². The molecule has 1 aromatic carbocycles. The van der Waals surface area contributed by atoms with Crippen LogP contribution in [0.3, 0.4) is 0 Å². The topological polar surface area (TPSA) is 57.9 Å². The fraction of sp³-hybridized carbons (Fsp3) is 0.200. The van der Waals surface area contributed by atoms with Crippen LogP contribution in [0.2, 0.25) is 0 Å². The molecule has 0 amide bonds. The van der Waals surface area contributed by atoms with Crippen LogP contribution in [0.5, 0.6) is 5.75 Å².